The van der Waals surface area contributed by atoms with Crippen LogP contribution in [0.5, 0.6) is 0 Å². The zero-order valence-corrected chi connectivity index (χ0v) is 9.35. The van der Waals surface area contributed by atoms with Crippen molar-refractivity contribution >= 4 is 33.1 Å². The van der Waals surface area contributed by atoms with Crippen molar-refractivity contribution in [2.24, 2.45) is 0 Å². The summed E-state index contributed by atoms with van der Waals surface area (Å²) in [6.45, 7) is 2.03. The minimum atomic E-state index is 0.671. The standard InChI is InChI=1S/C8H12N4S2/c9-7-5-10-6-11-8(7)12-1-3-13-14-4-2-12/h5-6H,1-4,9H2. The summed E-state index contributed by atoms with van der Waals surface area (Å²) in [6, 6.07) is 0. The summed E-state index contributed by atoms with van der Waals surface area (Å²) in [7, 11) is 3.82. The molecule has 0 unspecified atom stereocenters. The van der Waals surface area contributed by atoms with Crippen molar-refractivity contribution in [3.63, 3.8) is 0 Å². The van der Waals surface area contributed by atoms with E-state index in [0.29, 0.717) is 5.69 Å². The predicted molar refractivity (Wildman–Crippen MR) is 63.6 cm³/mol. The van der Waals surface area contributed by atoms with E-state index in [-0.39, 0.29) is 0 Å². The molecular weight excluding hydrogens is 216 g/mol. The van der Waals surface area contributed by atoms with E-state index in [1.807, 2.05) is 21.6 Å². The average molecular weight is 228 g/mol. The largest absolute Gasteiger partial charge is 0.394 e. The Bertz CT molecular complexity index is 299. The zero-order chi connectivity index (χ0) is 9.80. The topological polar surface area (TPSA) is 55.0 Å². The maximum atomic E-state index is 5.82. The molecule has 0 amide bonds. The van der Waals surface area contributed by atoms with Gasteiger partial charge in [-0.25, -0.2) is 9.97 Å². The lowest BCUT2D eigenvalue weighted by atomic mass is 10.4. The van der Waals surface area contributed by atoms with Gasteiger partial charge in [-0.15, -0.1) is 0 Å². The summed E-state index contributed by atoms with van der Waals surface area (Å²) >= 11 is 0. The third-order valence-electron chi connectivity index (χ3n) is 1.99. The Morgan fingerprint density at radius 3 is 2.64 bits per heavy atom. The van der Waals surface area contributed by atoms with Crippen LogP contribution in [-0.2, 0) is 0 Å². The summed E-state index contributed by atoms with van der Waals surface area (Å²) in [5.41, 5.74) is 6.49. The number of nitrogens with zero attached hydrogens (tertiary/aromatic N) is 3. The Hall–Kier alpha value is -0.620. The lowest BCUT2D eigenvalue weighted by Crippen LogP contribution is -2.28. The van der Waals surface area contributed by atoms with Gasteiger partial charge in [-0.3, -0.25) is 0 Å². The molecule has 2 heterocycles. The van der Waals surface area contributed by atoms with Crippen molar-refractivity contribution in [2.75, 3.05) is 35.2 Å². The van der Waals surface area contributed by atoms with Crippen LogP contribution in [0.4, 0.5) is 11.5 Å². The molecule has 0 spiro atoms. The van der Waals surface area contributed by atoms with E-state index in [4.69, 9.17) is 5.73 Å². The highest BCUT2D eigenvalue weighted by Gasteiger charge is 2.13. The molecule has 1 fully saturated rings. The smallest absolute Gasteiger partial charge is 0.155 e. The minimum Gasteiger partial charge on any atom is -0.394 e. The number of anilines is 2. The molecule has 0 radical (unpaired) electrons. The Morgan fingerprint density at radius 1 is 1.29 bits per heavy atom. The third kappa shape index (κ3) is 2.24. The number of aromatic nitrogens is 2. The molecule has 2 N–H and O–H groups in total. The van der Waals surface area contributed by atoms with E-state index >= 15 is 0 Å². The predicted octanol–water partition coefficient (Wildman–Crippen LogP) is 1.26. The zero-order valence-electron chi connectivity index (χ0n) is 7.72. The van der Waals surface area contributed by atoms with E-state index in [1.165, 1.54) is 0 Å². The van der Waals surface area contributed by atoms with Gasteiger partial charge in [-0.1, -0.05) is 21.6 Å². The van der Waals surface area contributed by atoms with Crippen LogP contribution in [0.3, 0.4) is 0 Å². The van der Waals surface area contributed by atoms with Gasteiger partial charge >= 0.3 is 0 Å². The monoisotopic (exact) mass is 228 g/mol. The molecule has 14 heavy (non-hydrogen) atoms. The first-order valence-electron chi connectivity index (χ1n) is 4.43. The summed E-state index contributed by atoms with van der Waals surface area (Å²) in [5, 5.41) is 0. The average Bonchev–Trinajstić information content (AvgIpc) is 2.47. The third-order valence-corrected chi connectivity index (χ3v) is 4.36. The van der Waals surface area contributed by atoms with E-state index in [9.17, 15) is 0 Å². The Morgan fingerprint density at radius 2 is 2.00 bits per heavy atom. The fraction of sp³-hybridized carbons (Fsp3) is 0.500. The first kappa shape index (κ1) is 9.92. The van der Waals surface area contributed by atoms with E-state index in [2.05, 4.69) is 14.9 Å². The lowest BCUT2D eigenvalue weighted by Gasteiger charge is -2.21. The fourth-order valence-electron chi connectivity index (χ4n) is 1.33. The molecule has 0 bridgehead atoms. The molecule has 6 heteroatoms. The number of hydrogen-bond donors (Lipinski definition) is 1. The number of nitrogens with two attached hydrogens (primary N) is 1. The molecule has 2 rings (SSSR count). The Balaban J connectivity index is 2.16. The van der Waals surface area contributed by atoms with Crippen LogP contribution >= 0.6 is 21.6 Å². The molecule has 0 saturated carbocycles. The molecule has 4 nitrogen and oxygen atoms in total. The second kappa shape index (κ2) is 4.75. The van der Waals surface area contributed by atoms with Gasteiger partial charge in [0, 0.05) is 24.6 Å². The summed E-state index contributed by atoms with van der Waals surface area (Å²) in [5.74, 6) is 3.12. The van der Waals surface area contributed by atoms with Gasteiger partial charge in [-0.05, 0) is 0 Å². The van der Waals surface area contributed by atoms with E-state index in [0.717, 1.165) is 30.4 Å². The van der Waals surface area contributed by atoms with Gasteiger partial charge < -0.3 is 10.6 Å². The summed E-state index contributed by atoms with van der Waals surface area (Å²) in [4.78, 5) is 10.3. The van der Waals surface area contributed by atoms with Crippen molar-refractivity contribution in [1.82, 2.24) is 9.97 Å². The second-order valence-corrected chi connectivity index (χ2v) is 5.63. The van der Waals surface area contributed by atoms with E-state index in [1.54, 1.807) is 12.5 Å². The second-order valence-electron chi connectivity index (χ2n) is 2.93. The van der Waals surface area contributed by atoms with Crippen molar-refractivity contribution < 1.29 is 0 Å². The molecule has 76 valence electrons. The van der Waals surface area contributed by atoms with E-state index < -0.39 is 0 Å². The van der Waals surface area contributed by atoms with Gasteiger partial charge in [0.1, 0.15) is 6.33 Å². The van der Waals surface area contributed by atoms with Crippen LogP contribution in [0.25, 0.3) is 0 Å². The normalized spacial score (nSPS) is 17.9. The molecular formula is C8H12N4S2. The van der Waals surface area contributed by atoms with Crippen LogP contribution < -0.4 is 10.6 Å². The Kier molecular flexibility index (Phi) is 3.36. The quantitative estimate of drug-likeness (QED) is 0.730. The van der Waals surface area contributed by atoms with Gasteiger partial charge in [0.2, 0.25) is 0 Å². The first-order chi connectivity index (χ1) is 6.88. The highest BCUT2D eigenvalue weighted by molar-refractivity contribution is 8.76. The lowest BCUT2D eigenvalue weighted by molar-refractivity contribution is 0.859. The van der Waals surface area contributed by atoms with Crippen LogP contribution in [-0.4, -0.2) is 34.6 Å². The molecule has 1 saturated heterocycles. The van der Waals surface area contributed by atoms with Crippen molar-refractivity contribution in [3.8, 4) is 0 Å². The van der Waals surface area contributed by atoms with Crippen molar-refractivity contribution in [2.45, 2.75) is 0 Å². The highest BCUT2D eigenvalue weighted by Crippen LogP contribution is 2.27. The van der Waals surface area contributed by atoms with Crippen LogP contribution in [0, 0.1) is 0 Å². The van der Waals surface area contributed by atoms with Crippen molar-refractivity contribution in [3.05, 3.63) is 12.5 Å². The maximum Gasteiger partial charge on any atom is 0.155 e. The van der Waals surface area contributed by atoms with Gasteiger partial charge in [0.15, 0.2) is 5.82 Å². The Labute approximate surface area is 91.1 Å². The molecule has 1 aromatic rings. The maximum absolute atomic E-state index is 5.82. The molecule has 0 atom stereocenters. The number of nitrogen functional groups attached to an aromatic ring is 1. The molecule has 1 aliphatic rings. The molecule has 0 aromatic carbocycles. The van der Waals surface area contributed by atoms with Crippen molar-refractivity contribution in [1.29, 1.82) is 0 Å². The van der Waals surface area contributed by atoms with Crippen LogP contribution in [0.1, 0.15) is 0 Å². The van der Waals surface area contributed by atoms with Gasteiger partial charge in [0.25, 0.3) is 0 Å². The summed E-state index contributed by atoms with van der Waals surface area (Å²) < 4.78 is 0. The minimum absolute atomic E-state index is 0.671. The van der Waals surface area contributed by atoms with Crippen LogP contribution in [0.2, 0.25) is 0 Å². The van der Waals surface area contributed by atoms with Gasteiger partial charge in [-0.2, -0.15) is 0 Å². The fourth-order valence-corrected chi connectivity index (χ4v) is 3.31. The van der Waals surface area contributed by atoms with Crippen LogP contribution in [0.15, 0.2) is 12.5 Å². The molecule has 0 aliphatic carbocycles. The summed E-state index contributed by atoms with van der Waals surface area (Å²) in [6.07, 6.45) is 3.21. The number of hydrogen-bond acceptors (Lipinski definition) is 6. The highest BCUT2D eigenvalue weighted by atomic mass is 33.1. The first-order valence-corrected chi connectivity index (χ1v) is 6.91. The number of rotatable bonds is 1. The molecule has 1 aliphatic heterocycles. The SMILES string of the molecule is Nc1cncnc1N1CCSSCC1. The van der Waals surface area contributed by atoms with Gasteiger partial charge in [0.05, 0.1) is 11.9 Å². The molecule has 1 aromatic heterocycles.